The van der Waals surface area contributed by atoms with Gasteiger partial charge in [0.25, 0.3) is 0 Å². The zero-order valence-electron chi connectivity index (χ0n) is 5.03. The molecule has 4 nitrogen and oxygen atoms in total. The molecule has 0 aliphatic heterocycles. The van der Waals surface area contributed by atoms with Crippen molar-refractivity contribution in [3.63, 3.8) is 0 Å². The molecule has 1 aromatic rings. The fraction of sp³-hybridized carbons (Fsp3) is 0.200. The minimum absolute atomic E-state index is 0.100. The molecule has 48 valence electrons. The van der Waals surface area contributed by atoms with E-state index in [4.69, 9.17) is 10.2 Å². The fourth-order valence-corrected chi connectivity index (χ4v) is 0.456. The second kappa shape index (κ2) is 2.30. The van der Waals surface area contributed by atoms with Crippen molar-refractivity contribution in [2.75, 3.05) is 5.73 Å². The van der Waals surface area contributed by atoms with Crippen LogP contribution in [0.15, 0.2) is 10.5 Å². The van der Waals surface area contributed by atoms with Gasteiger partial charge in [-0.25, -0.2) is 0 Å². The van der Waals surface area contributed by atoms with Gasteiger partial charge in [-0.2, -0.15) is 0 Å². The van der Waals surface area contributed by atoms with E-state index in [1.165, 1.54) is 0 Å². The van der Waals surface area contributed by atoms with Gasteiger partial charge >= 0.3 is 6.01 Å². The molecule has 9 heavy (non-hydrogen) atoms. The summed E-state index contributed by atoms with van der Waals surface area (Å²) in [7, 11) is 0. The van der Waals surface area contributed by atoms with Crippen LogP contribution in [0.25, 0.3) is 6.08 Å². The monoisotopic (exact) mass is 125 g/mol. The normalized spacial score (nSPS) is 10.8. The number of hydrogen-bond acceptors (Lipinski definition) is 4. The molecule has 0 fully saturated rings. The van der Waals surface area contributed by atoms with Crippen LogP contribution in [0, 0.1) is 0 Å². The Hall–Kier alpha value is -1.32. The Labute approximate surface area is 52.4 Å². The molecule has 0 aliphatic carbocycles. The van der Waals surface area contributed by atoms with Crippen molar-refractivity contribution >= 4 is 12.1 Å². The summed E-state index contributed by atoms with van der Waals surface area (Å²) in [6, 6.07) is 0.100. The number of rotatable bonds is 1. The lowest BCUT2D eigenvalue weighted by Gasteiger charge is -1.75. The Balaban J connectivity index is 2.85. The van der Waals surface area contributed by atoms with Crippen LogP contribution in [-0.2, 0) is 0 Å². The highest BCUT2D eigenvalue weighted by molar-refractivity contribution is 5.36. The van der Waals surface area contributed by atoms with Gasteiger partial charge in [-0.05, 0) is 13.0 Å². The van der Waals surface area contributed by atoms with Gasteiger partial charge in [0.2, 0.25) is 5.89 Å². The number of aromatic nitrogens is 2. The highest BCUT2D eigenvalue weighted by Crippen LogP contribution is 2.00. The van der Waals surface area contributed by atoms with E-state index < -0.39 is 0 Å². The van der Waals surface area contributed by atoms with Crippen LogP contribution >= 0.6 is 0 Å². The highest BCUT2D eigenvalue weighted by atomic mass is 16.4. The molecule has 0 aliphatic rings. The molecule has 0 spiro atoms. The van der Waals surface area contributed by atoms with Gasteiger partial charge in [0, 0.05) is 0 Å². The first-order chi connectivity index (χ1) is 4.33. The van der Waals surface area contributed by atoms with E-state index in [1.54, 1.807) is 12.2 Å². The summed E-state index contributed by atoms with van der Waals surface area (Å²) in [6.07, 6.45) is 3.48. The molecule has 1 heterocycles. The standard InChI is InChI=1S/C5H7N3O/c1-2-3-4-7-8-5(6)9-4/h2-3H,1H3,(H2,6,8). The van der Waals surface area contributed by atoms with Crippen LogP contribution in [0.5, 0.6) is 0 Å². The van der Waals surface area contributed by atoms with Crippen molar-refractivity contribution < 1.29 is 4.42 Å². The Bertz CT molecular complexity index is 216. The molecule has 1 aromatic heterocycles. The van der Waals surface area contributed by atoms with Gasteiger partial charge in [0.15, 0.2) is 0 Å². The first-order valence-corrected chi connectivity index (χ1v) is 2.54. The van der Waals surface area contributed by atoms with Crippen LogP contribution in [0.2, 0.25) is 0 Å². The molecule has 0 radical (unpaired) electrons. The molecule has 0 unspecified atom stereocenters. The van der Waals surface area contributed by atoms with Crippen molar-refractivity contribution in [1.29, 1.82) is 0 Å². The first kappa shape index (κ1) is 5.81. The average molecular weight is 125 g/mol. The maximum atomic E-state index is 5.13. The number of nitrogen functional groups attached to an aromatic ring is 1. The third-order valence-corrected chi connectivity index (χ3v) is 0.766. The molecule has 1 rings (SSSR count). The predicted octanol–water partition coefficient (Wildman–Crippen LogP) is 0.685. The van der Waals surface area contributed by atoms with E-state index >= 15 is 0 Å². The lowest BCUT2D eigenvalue weighted by Crippen LogP contribution is -1.81. The summed E-state index contributed by atoms with van der Waals surface area (Å²) in [5.41, 5.74) is 5.13. The van der Waals surface area contributed by atoms with E-state index in [9.17, 15) is 0 Å². The Morgan fingerprint density at radius 1 is 1.56 bits per heavy atom. The van der Waals surface area contributed by atoms with Gasteiger partial charge in [0.1, 0.15) is 0 Å². The molecule has 0 saturated carbocycles. The SMILES string of the molecule is CC=Cc1nnc(N)o1. The number of nitrogens with zero attached hydrogens (tertiary/aromatic N) is 2. The largest absolute Gasteiger partial charge is 0.404 e. The van der Waals surface area contributed by atoms with E-state index in [-0.39, 0.29) is 6.01 Å². The number of anilines is 1. The summed E-state index contributed by atoms with van der Waals surface area (Å²) in [5, 5.41) is 7.02. The Morgan fingerprint density at radius 3 is 2.78 bits per heavy atom. The topological polar surface area (TPSA) is 64.9 Å². The molecular weight excluding hydrogens is 118 g/mol. The summed E-state index contributed by atoms with van der Waals surface area (Å²) < 4.78 is 4.79. The van der Waals surface area contributed by atoms with Crippen LogP contribution in [0.4, 0.5) is 6.01 Å². The van der Waals surface area contributed by atoms with E-state index in [0.717, 1.165) is 0 Å². The summed E-state index contributed by atoms with van der Waals surface area (Å²) >= 11 is 0. The lowest BCUT2D eigenvalue weighted by atomic mass is 10.5. The highest BCUT2D eigenvalue weighted by Gasteiger charge is 1.94. The van der Waals surface area contributed by atoms with E-state index in [2.05, 4.69) is 10.2 Å². The number of hydrogen-bond donors (Lipinski definition) is 1. The maximum absolute atomic E-state index is 5.13. The minimum Gasteiger partial charge on any atom is -0.404 e. The first-order valence-electron chi connectivity index (χ1n) is 2.54. The number of nitrogens with two attached hydrogens (primary N) is 1. The van der Waals surface area contributed by atoms with E-state index in [0.29, 0.717) is 5.89 Å². The van der Waals surface area contributed by atoms with Gasteiger partial charge in [-0.1, -0.05) is 11.2 Å². The Morgan fingerprint density at radius 2 is 2.33 bits per heavy atom. The van der Waals surface area contributed by atoms with Crippen LogP contribution in [-0.4, -0.2) is 10.2 Å². The molecule has 0 amide bonds. The van der Waals surface area contributed by atoms with Crippen molar-refractivity contribution in [2.24, 2.45) is 0 Å². The van der Waals surface area contributed by atoms with Crippen molar-refractivity contribution in [2.45, 2.75) is 6.92 Å². The molecule has 2 N–H and O–H groups in total. The summed E-state index contributed by atoms with van der Waals surface area (Å²) in [5.74, 6) is 0.440. The fourth-order valence-electron chi connectivity index (χ4n) is 0.456. The van der Waals surface area contributed by atoms with Crippen LogP contribution in [0.3, 0.4) is 0 Å². The second-order valence-corrected chi connectivity index (χ2v) is 1.48. The minimum atomic E-state index is 0.100. The molecule has 0 bridgehead atoms. The van der Waals surface area contributed by atoms with Gasteiger partial charge < -0.3 is 10.2 Å². The van der Waals surface area contributed by atoms with Crippen LogP contribution in [0.1, 0.15) is 12.8 Å². The lowest BCUT2D eigenvalue weighted by molar-refractivity contribution is 0.563. The molecule has 0 atom stereocenters. The zero-order valence-corrected chi connectivity index (χ0v) is 5.03. The summed E-state index contributed by atoms with van der Waals surface area (Å²) in [6.45, 7) is 1.86. The average Bonchev–Trinajstić information content (AvgIpc) is 2.17. The smallest absolute Gasteiger partial charge is 0.313 e. The van der Waals surface area contributed by atoms with Crippen molar-refractivity contribution in [1.82, 2.24) is 10.2 Å². The van der Waals surface area contributed by atoms with Gasteiger partial charge in [-0.3, -0.25) is 0 Å². The molecule has 0 saturated heterocycles. The van der Waals surface area contributed by atoms with Crippen LogP contribution < -0.4 is 5.73 Å². The molecule has 4 heteroatoms. The predicted molar refractivity (Wildman–Crippen MR) is 33.4 cm³/mol. The van der Waals surface area contributed by atoms with E-state index in [1.807, 2.05) is 6.92 Å². The second-order valence-electron chi connectivity index (χ2n) is 1.48. The van der Waals surface area contributed by atoms with Crippen molar-refractivity contribution in [3.05, 3.63) is 12.0 Å². The van der Waals surface area contributed by atoms with Gasteiger partial charge in [-0.15, -0.1) is 5.10 Å². The third kappa shape index (κ3) is 1.28. The molecule has 0 aromatic carbocycles. The molecular formula is C5H7N3O. The van der Waals surface area contributed by atoms with Gasteiger partial charge in [0.05, 0.1) is 0 Å². The zero-order chi connectivity index (χ0) is 6.69. The third-order valence-electron chi connectivity index (χ3n) is 0.766. The van der Waals surface area contributed by atoms with Crippen molar-refractivity contribution in [3.8, 4) is 0 Å². The number of allylic oxidation sites excluding steroid dienone is 1. The quantitative estimate of drug-likeness (QED) is 0.599. The summed E-state index contributed by atoms with van der Waals surface area (Å²) in [4.78, 5) is 0. The Kier molecular flexibility index (Phi) is 1.48. The maximum Gasteiger partial charge on any atom is 0.313 e.